The first-order valence-electron chi connectivity index (χ1n) is 7.81. The highest BCUT2D eigenvalue weighted by Gasteiger charge is 2.43. The molecule has 2 saturated heterocycles. The Morgan fingerprint density at radius 3 is 2.68 bits per heavy atom. The molecule has 4 nitrogen and oxygen atoms in total. The van der Waals surface area contributed by atoms with Crippen molar-refractivity contribution in [3.8, 4) is 0 Å². The maximum atomic E-state index is 11.1. The number of aliphatic carboxylic acids is 1. The molecular weight excluding hydrogens is 242 g/mol. The summed E-state index contributed by atoms with van der Waals surface area (Å²) in [5.41, 5.74) is 0.140. The molecule has 19 heavy (non-hydrogen) atoms. The Morgan fingerprint density at radius 1 is 1.16 bits per heavy atom. The summed E-state index contributed by atoms with van der Waals surface area (Å²) in [5.74, 6) is -0.0821. The highest BCUT2D eigenvalue weighted by molar-refractivity contribution is 5.73. The minimum absolute atomic E-state index is 0.140. The Labute approximate surface area is 114 Å². The Bertz CT molecular complexity index is 338. The summed E-state index contributed by atoms with van der Waals surface area (Å²) in [6.45, 7) is 0.862. The first-order chi connectivity index (χ1) is 9.19. The average molecular weight is 267 g/mol. The van der Waals surface area contributed by atoms with Crippen molar-refractivity contribution in [3.05, 3.63) is 0 Å². The van der Waals surface area contributed by atoms with Gasteiger partial charge in [-0.25, -0.2) is 0 Å². The third-order valence-corrected chi connectivity index (χ3v) is 5.34. The second kappa shape index (κ2) is 5.41. The van der Waals surface area contributed by atoms with Gasteiger partial charge in [-0.3, -0.25) is 4.79 Å². The van der Waals surface area contributed by atoms with Crippen LogP contribution in [0, 0.1) is 5.92 Å². The molecular formula is C15H25NO3. The maximum Gasteiger partial charge on any atom is 0.320 e. The molecule has 0 bridgehead atoms. The van der Waals surface area contributed by atoms with Gasteiger partial charge >= 0.3 is 5.97 Å². The molecule has 0 aromatic carbocycles. The van der Waals surface area contributed by atoms with Crippen LogP contribution in [0.1, 0.15) is 57.8 Å². The highest BCUT2D eigenvalue weighted by atomic mass is 16.5. The van der Waals surface area contributed by atoms with Gasteiger partial charge in [0.1, 0.15) is 6.04 Å². The van der Waals surface area contributed by atoms with Crippen LogP contribution in [0.3, 0.4) is 0 Å². The summed E-state index contributed by atoms with van der Waals surface area (Å²) < 4.78 is 6.08. The van der Waals surface area contributed by atoms with Crippen molar-refractivity contribution < 1.29 is 14.6 Å². The van der Waals surface area contributed by atoms with E-state index in [4.69, 9.17) is 4.74 Å². The summed E-state index contributed by atoms with van der Waals surface area (Å²) in [6.07, 6.45) is 10.2. The van der Waals surface area contributed by atoms with Crippen molar-refractivity contribution in [2.45, 2.75) is 75.5 Å². The van der Waals surface area contributed by atoms with Crippen molar-refractivity contribution >= 4 is 5.97 Å². The predicted molar refractivity (Wildman–Crippen MR) is 72.1 cm³/mol. The van der Waals surface area contributed by atoms with Crippen molar-refractivity contribution in [1.82, 2.24) is 5.32 Å². The van der Waals surface area contributed by atoms with Crippen LogP contribution in [-0.4, -0.2) is 35.4 Å². The van der Waals surface area contributed by atoms with Crippen molar-refractivity contribution in [3.63, 3.8) is 0 Å². The lowest BCUT2D eigenvalue weighted by Gasteiger charge is -2.43. The lowest BCUT2D eigenvalue weighted by molar-refractivity contribution is -0.141. The summed E-state index contributed by atoms with van der Waals surface area (Å²) in [5, 5.41) is 12.5. The topological polar surface area (TPSA) is 58.6 Å². The maximum absolute atomic E-state index is 11.1. The van der Waals surface area contributed by atoms with E-state index in [2.05, 4.69) is 5.32 Å². The monoisotopic (exact) mass is 267 g/mol. The second-order valence-electron chi connectivity index (χ2n) is 6.59. The number of rotatable bonds is 2. The number of nitrogens with one attached hydrogen (secondary N) is 1. The van der Waals surface area contributed by atoms with Crippen molar-refractivity contribution in [2.24, 2.45) is 5.92 Å². The summed E-state index contributed by atoms with van der Waals surface area (Å²) >= 11 is 0. The summed E-state index contributed by atoms with van der Waals surface area (Å²) in [7, 11) is 0. The number of hydrogen-bond acceptors (Lipinski definition) is 3. The van der Waals surface area contributed by atoms with E-state index in [1.54, 1.807) is 0 Å². The molecule has 1 saturated carbocycles. The number of carbonyl (C=O) groups is 1. The Balaban J connectivity index is 1.63. The zero-order chi connectivity index (χ0) is 13.3. The van der Waals surface area contributed by atoms with Crippen LogP contribution in [0.25, 0.3) is 0 Å². The molecule has 4 heteroatoms. The normalized spacial score (nSPS) is 38.4. The Kier molecular flexibility index (Phi) is 3.81. The van der Waals surface area contributed by atoms with Crippen molar-refractivity contribution in [2.75, 3.05) is 6.61 Å². The van der Waals surface area contributed by atoms with Crippen LogP contribution in [0.2, 0.25) is 0 Å². The lowest BCUT2D eigenvalue weighted by atomic mass is 9.77. The van der Waals surface area contributed by atoms with Gasteiger partial charge in [0.15, 0.2) is 0 Å². The number of hydrogen-bond donors (Lipinski definition) is 2. The van der Waals surface area contributed by atoms with Gasteiger partial charge in [0.05, 0.1) is 5.60 Å². The first-order valence-corrected chi connectivity index (χ1v) is 7.81. The lowest BCUT2D eigenvalue weighted by Crippen LogP contribution is -2.52. The Morgan fingerprint density at radius 2 is 1.95 bits per heavy atom. The number of carboxylic acid groups (broad SMARTS) is 1. The first kappa shape index (κ1) is 13.4. The molecule has 3 rings (SSSR count). The smallest absolute Gasteiger partial charge is 0.320 e. The van der Waals surface area contributed by atoms with E-state index < -0.39 is 5.97 Å². The quantitative estimate of drug-likeness (QED) is 0.806. The van der Waals surface area contributed by atoms with E-state index in [0.29, 0.717) is 12.0 Å². The fraction of sp³-hybridized carbons (Fsp3) is 0.933. The zero-order valence-electron chi connectivity index (χ0n) is 11.6. The van der Waals surface area contributed by atoms with Crippen LogP contribution < -0.4 is 5.32 Å². The molecule has 3 fully saturated rings. The molecule has 3 atom stereocenters. The van der Waals surface area contributed by atoms with E-state index in [0.717, 1.165) is 38.7 Å². The largest absolute Gasteiger partial charge is 0.480 e. The summed E-state index contributed by atoms with van der Waals surface area (Å²) in [6, 6.07) is 0.0531. The predicted octanol–water partition coefficient (Wildman–Crippen LogP) is 2.32. The third-order valence-electron chi connectivity index (χ3n) is 5.34. The molecule has 0 aromatic rings. The molecule has 2 heterocycles. The number of carboxylic acids is 1. The molecule has 108 valence electrons. The van der Waals surface area contributed by atoms with Gasteiger partial charge in [0, 0.05) is 12.6 Å². The second-order valence-corrected chi connectivity index (χ2v) is 6.59. The molecule has 0 amide bonds. The van der Waals surface area contributed by atoms with Gasteiger partial charge in [-0.15, -0.1) is 0 Å². The SMILES string of the molecule is O=C(O)C1CCCC(C2CCOC3(CCCC3)C2)N1. The molecule has 1 spiro atoms. The van der Waals surface area contributed by atoms with Crippen LogP contribution in [0.4, 0.5) is 0 Å². The zero-order valence-corrected chi connectivity index (χ0v) is 11.6. The molecule has 0 aromatic heterocycles. The molecule has 2 N–H and O–H groups in total. The van der Waals surface area contributed by atoms with E-state index >= 15 is 0 Å². The van der Waals surface area contributed by atoms with Crippen LogP contribution in [0.5, 0.6) is 0 Å². The van der Waals surface area contributed by atoms with E-state index in [1.165, 1.54) is 25.7 Å². The van der Waals surface area contributed by atoms with Gasteiger partial charge in [-0.05, 0) is 50.9 Å². The van der Waals surface area contributed by atoms with E-state index in [-0.39, 0.29) is 11.6 Å². The van der Waals surface area contributed by atoms with E-state index in [1.807, 2.05) is 0 Å². The highest BCUT2D eigenvalue weighted by Crippen LogP contribution is 2.43. The van der Waals surface area contributed by atoms with Crippen molar-refractivity contribution in [1.29, 1.82) is 0 Å². The minimum atomic E-state index is -0.688. The number of ether oxygens (including phenoxy) is 1. The van der Waals surface area contributed by atoms with Gasteiger partial charge in [-0.2, -0.15) is 0 Å². The number of piperidine rings is 1. The minimum Gasteiger partial charge on any atom is -0.480 e. The Hall–Kier alpha value is -0.610. The van der Waals surface area contributed by atoms with E-state index in [9.17, 15) is 9.90 Å². The van der Waals surface area contributed by atoms with Crippen LogP contribution >= 0.6 is 0 Å². The standard InChI is InChI=1S/C15H25NO3/c17-14(18)13-5-3-4-12(16-13)11-6-9-19-15(10-11)7-1-2-8-15/h11-13,16H,1-10H2,(H,17,18). The molecule has 2 aliphatic heterocycles. The van der Waals surface area contributed by atoms with Crippen LogP contribution in [-0.2, 0) is 9.53 Å². The third kappa shape index (κ3) is 2.79. The molecule has 1 aliphatic carbocycles. The molecule has 3 aliphatic rings. The average Bonchev–Trinajstić information content (AvgIpc) is 2.87. The van der Waals surface area contributed by atoms with Gasteiger partial charge in [0.2, 0.25) is 0 Å². The summed E-state index contributed by atoms with van der Waals surface area (Å²) in [4.78, 5) is 11.1. The fourth-order valence-electron chi connectivity index (χ4n) is 4.31. The molecule has 3 unspecified atom stereocenters. The van der Waals surface area contributed by atoms with Gasteiger partial charge < -0.3 is 15.2 Å². The fourth-order valence-corrected chi connectivity index (χ4v) is 4.31. The van der Waals surface area contributed by atoms with Crippen LogP contribution in [0.15, 0.2) is 0 Å². The van der Waals surface area contributed by atoms with Gasteiger partial charge in [-0.1, -0.05) is 12.8 Å². The van der Waals surface area contributed by atoms with Gasteiger partial charge in [0.25, 0.3) is 0 Å². The molecule has 0 radical (unpaired) electrons.